The summed E-state index contributed by atoms with van der Waals surface area (Å²) >= 11 is 1.32. The number of benzene rings is 1. The minimum atomic E-state index is -0.345. The molecule has 7 heteroatoms. The Bertz CT molecular complexity index is 805. The van der Waals surface area contributed by atoms with E-state index < -0.39 is 0 Å². The minimum absolute atomic E-state index is 0.00480. The second-order valence-electron chi connectivity index (χ2n) is 7.21. The minimum Gasteiger partial charge on any atom is -0.353 e. The molecule has 27 heavy (non-hydrogen) atoms. The van der Waals surface area contributed by atoms with E-state index in [2.05, 4.69) is 27.9 Å². The van der Waals surface area contributed by atoms with Crippen LogP contribution in [0.2, 0.25) is 0 Å². The Morgan fingerprint density at radius 2 is 2.04 bits per heavy atom. The fourth-order valence-corrected chi connectivity index (χ4v) is 4.09. The van der Waals surface area contributed by atoms with Gasteiger partial charge in [0, 0.05) is 17.1 Å². The lowest BCUT2D eigenvalue weighted by molar-refractivity contribution is -0.121. The van der Waals surface area contributed by atoms with Gasteiger partial charge in [-0.25, -0.2) is 9.78 Å². The van der Waals surface area contributed by atoms with E-state index in [1.54, 1.807) is 0 Å². The maximum Gasteiger partial charge on any atom is 0.325 e. The molecule has 144 valence electrons. The fraction of sp³-hybridized carbons (Fsp3) is 0.450. The predicted octanol–water partition coefficient (Wildman–Crippen LogP) is 4.33. The fourth-order valence-electron chi connectivity index (χ4n) is 3.38. The second kappa shape index (κ2) is 8.99. The molecule has 1 aliphatic carbocycles. The zero-order valence-corrected chi connectivity index (χ0v) is 16.6. The molecular weight excluding hydrogens is 360 g/mol. The summed E-state index contributed by atoms with van der Waals surface area (Å²) in [7, 11) is 0. The van der Waals surface area contributed by atoms with Gasteiger partial charge < -0.3 is 10.6 Å². The van der Waals surface area contributed by atoms with Gasteiger partial charge in [-0.15, -0.1) is 11.3 Å². The van der Waals surface area contributed by atoms with Crippen molar-refractivity contribution in [3.05, 3.63) is 40.9 Å². The largest absolute Gasteiger partial charge is 0.353 e. The summed E-state index contributed by atoms with van der Waals surface area (Å²) in [6.45, 7) is 4.16. The molecule has 1 aliphatic rings. The van der Waals surface area contributed by atoms with Crippen molar-refractivity contribution in [3.8, 4) is 0 Å². The first kappa shape index (κ1) is 19.4. The van der Waals surface area contributed by atoms with E-state index in [4.69, 9.17) is 0 Å². The molecule has 3 amide bonds. The summed E-state index contributed by atoms with van der Waals surface area (Å²) in [5.41, 5.74) is 2.47. The number of amides is 3. The van der Waals surface area contributed by atoms with Crippen molar-refractivity contribution in [2.75, 3.05) is 10.6 Å². The summed E-state index contributed by atoms with van der Waals surface area (Å²) < 4.78 is 0. The van der Waals surface area contributed by atoms with Crippen LogP contribution in [0.15, 0.2) is 29.6 Å². The van der Waals surface area contributed by atoms with Crippen LogP contribution in [-0.2, 0) is 11.2 Å². The zero-order valence-electron chi connectivity index (χ0n) is 15.7. The number of nitrogens with zero attached hydrogens (tertiary/aromatic N) is 1. The van der Waals surface area contributed by atoms with E-state index in [0.717, 1.165) is 17.7 Å². The summed E-state index contributed by atoms with van der Waals surface area (Å²) in [5, 5.41) is 10.9. The Balaban J connectivity index is 1.49. The Labute approximate surface area is 163 Å². The Kier molecular flexibility index (Phi) is 6.45. The quantitative estimate of drug-likeness (QED) is 0.715. The van der Waals surface area contributed by atoms with Crippen molar-refractivity contribution >= 4 is 34.1 Å². The molecule has 1 saturated carbocycles. The van der Waals surface area contributed by atoms with Crippen LogP contribution >= 0.6 is 11.3 Å². The second-order valence-corrected chi connectivity index (χ2v) is 8.06. The molecule has 6 nitrogen and oxygen atoms in total. The van der Waals surface area contributed by atoms with Gasteiger partial charge >= 0.3 is 6.03 Å². The Morgan fingerprint density at radius 1 is 1.22 bits per heavy atom. The van der Waals surface area contributed by atoms with E-state index in [-0.39, 0.29) is 24.4 Å². The Hall–Kier alpha value is -2.41. The first-order valence-electron chi connectivity index (χ1n) is 9.38. The van der Waals surface area contributed by atoms with Crippen molar-refractivity contribution in [2.24, 2.45) is 5.92 Å². The van der Waals surface area contributed by atoms with E-state index in [0.29, 0.717) is 16.7 Å². The van der Waals surface area contributed by atoms with Gasteiger partial charge in [0.15, 0.2) is 5.13 Å². The number of anilines is 2. The zero-order chi connectivity index (χ0) is 19.2. The molecular formula is C20H26N4O2S. The maximum atomic E-state index is 12.3. The van der Waals surface area contributed by atoms with Gasteiger partial charge in [-0.3, -0.25) is 10.1 Å². The Morgan fingerprint density at radius 3 is 2.81 bits per heavy atom. The summed E-state index contributed by atoms with van der Waals surface area (Å²) in [5.74, 6) is 0.524. The van der Waals surface area contributed by atoms with Gasteiger partial charge in [0.1, 0.15) is 0 Å². The summed E-state index contributed by atoms with van der Waals surface area (Å²) in [4.78, 5) is 28.7. The molecule has 1 fully saturated rings. The lowest BCUT2D eigenvalue weighted by atomic mass is 9.86. The number of rotatable bonds is 5. The van der Waals surface area contributed by atoms with Crippen LogP contribution in [0.3, 0.4) is 0 Å². The smallest absolute Gasteiger partial charge is 0.325 e. The lowest BCUT2D eigenvalue weighted by Gasteiger charge is -2.29. The molecule has 3 N–H and O–H groups in total. The van der Waals surface area contributed by atoms with Crippen LogP contribution < -0.4 is 16.0 Å². The van der Waals surface area contributed by atoms with Crippen molar-refractivity contribution < 1.29 is 9.59 Å². The topological polar surface area (TPSA) is 83.1 Å². The molecule has 0 bridgehead atoms. The van der Waals surface area contributed by atoms with Crippen LogP contribution in [0.1, 0.15) is 43.9 Å². The standard InChI is InChI=1S/C20H26N4O2S/c1-13-6-5-8-15(10-13)21-19(26)24-20-22-16(12-27-20)11-18(25)23-17-9-4-3-7-14(17)2/h5-6,8,10,12,14,17H,3-4,7,9,11H2,1-2H3,(H,23,25)(H2,21,22,24,26). The molecule has 3 rings (SSSR count). The number of carbonyl (C=O) groups excluding carboxylic acids is 2. The molecule has 2 aromatic rings. The highest BCUT2D eigenvalue weighted by Crippen LogP contribution is 2.24. The number of thiazole rings is 1. The van der Waals surface area contributed by atoms with E-state index in [1.165, 1.54) is 30.6 Å². The van der Waals surface area contributed by atoms with Gasteiger partial charge in [-0.05, 0) is 43.4 Å². The normalized spacial score (nSPS) is 19.3. The number of hydrogen-bond donors (Lipinski definition) is 3. The highest BCUT2D eigenvalue weighted by molar-refractivity contribution is 7.14. The third kappa shape index (κ3) is 5.79. The van der Waals surface area contributed by atoms with Crippen LogP contribution in [0, 0.1) is 12.8 Å². The third-order valence-electron chi connectivity index (χ3n) is 4.85. The van der Waals surface area contributed by atoms with Gasteiger partial charge in [0.25, 0.3) is 0 Å². The van der Waals surface area contributed by atoms with Crippen molar-refractivity contribution in [3.63, 3.8) is 0 Å². The summed E-state index contributed by atoms with van der Waals surface area (Å²) in [6, 6.07) is 7.50. The molecule has 0 spiro atoms. The highest BCUT2D eigenvalue weighted by atomic mass is 32.1. The average molecular weight is 387 g/mol. The van der Waals surface area contributed by atoms with Crippen molar-refractivity contribution in [1.82, 2.24) is 10.3 Å². The maximum absolute atomic E-state index is 12.3. The van der Waals surface area contributed by atoms with Crippen LogP contribution in [0.5, 0.6) is 0 Å². The molecule has 1 heterocycles. The summed E-state index contributed by atoms with van der Waals surface area (Å²) in [6.07, 6.45) is 4.89. The number of carbonyl (C=O) groups is 2. The monoisotopic (exact) mass is 386 g/mol. The molecule has 2 unspecified atom stereocenters. The average Bonchev–Trinajstić information content (AvgIpc) is 3.03. The molecule has 0 aliphatic heterocycles. The molecule has 2 atom stereocenters. The molecule has 1 aromatic heterocycles. The van der Waals surface area contributed by atoms with Gasteiger partial charge in [-0.2, -0.15) is 0 Å². The van der Waals surface area contributed by atoms with Crippen molar-refractivity contribution in [2.45, 2.75) is 52.0 Å². The van der Waals surface area contributed by atoms with Crippen LogP contribution in [0.25, 0.3) is 0 Å². The van der Waals surface area contributed by atoms with Gasteiger partial charge in [0.2, 0.25) is 5.91 Å². The predicted molar refractivity (Wildman–Crippen MR) is 109 cm³/mol. The SMILES string of the molecule is Cc1cccc(NC(=O)Nc2nc(CC(=O)NC3CCCCC3C)cs2)c1. The van der Waals surface area contributed by atoms with E-state index in [1.807, 2.05) is 36.6 Å². The van der Waals surface area contributed by atoms with E-state index >= 15 is 0 Å². The van der Waals surface area contributed by atoms with Crippen LogP contribution in [0.4, 0.5) is 15.6 Å². The molecule has 0 saturated heterocycles. The number of nitrogens with one attached hydrogen (secondary N) is 3. The number of aromatic nitrogens is 1. The van der Waals surface area contributed by atoms with E-state index in [9.17, 15) is 9.59 Å². The number of aryl methyl sites for hydroxylation is 1. The van der Waals surface area contributed by atoms with Crippen LogP contribution in [-0.4, -0.2) is 23.0 Å². The molecule has 0 radical (unpaired) electrons. The van der Waals surface area contributed by atoms with Gasteiger partial charge in [-0.1, -0.05) is 31.9 Å². The molecule has 1 aromatic carbocycles. The lowest BCUT2D eigenvalue weighted by Crippen LogP contribution is -2.41. The highest BCUT2D eigenvalue weighted by Gasteiger charge is 2.23. The number of hydrogen-bond acceptors (Lipinski definition) is 4. The number of urea groups is 1. The first-order chi connectivity index (χ1) is 13.0. The first-order valence-corrected chi connectivity index (χ1v) is 10.3. The third-order valence-corrected chi connectivity index (χ3v) is 5.65. The van der Waals surface area contributed by atoms with Crippen molar-refractivity contribution in [1.29, 1.82) is 0 Å². The van der Waals surface area contributed by atoms with Gasteiger partial charge in [0.05, 0.1) is 12.1 Å².